The van der Waals surface area contributed by atoms with Gasteiger partial charge in [-0.25, -0.2) is 0 Å². The summed E-state index contributed by atoms with van der Waals surface area (Å²) in [7, 11) is 0. The lowest BCUT2D eigenvalue weighted by atomic mass is 9.63. The van der Waals surface area contributed by atoms with Crippen molar-refractivity contribution in [2.24, 2.45) is 17.1 Å². The van der Waals surface area contributed by atoms with Crippen molar-refractivity contribution in [3.63, 3.8) is 0 Å². The summed E-state index contributed by atoms with van der Waals surface area (Å²) in [5, 5.41) is 0. The highest BCUT2D eigenvalue weighted by molar-refractivity contribution is 5.01. The topological polar surface area (TPSA) is 38.5 Å². The van der Waals surface area contributed by atoms with Crippen molar-refractivity contribution in [3.05, 3.63) is 0 Å². The molecule has 1 saturated carbocycles. The maximum absolute atomic E-state index is 5.63. The second-order valence-corrected chi connectivity index (χ2v) is 5.10. The number of hydrogen-bond acceptors (Lipinski definition) is 3. The Labute approximate surface area is 93.0 Å². The molecule has 3 heteroatoms. The van der Waals surface area contributed by atoms with E-state index in [1.54, 1.807) is 0 Å². The molecule has 0 aromatic heterocycles. The van der Waals surface area contributed by atoms with Gasteiger partial charge in [-0.2, -0.15) is 0 Å². The highest BCUT2D eigenvalue weighted by Gasteiger charge is 2.49. The van der Waals surface area contributed by atoms with E-state index in [0.29, 0.717) is 5.41 Å². The Balaban J connectivity index is 1.89. The van der Waals surface area contributed by atoms with E-state index in [1.807, 2.05) is 0 Å². The number of nitrogens with zero attached hydrogens (tertiary/aromatic N) is 1. The van der Waals surface area contributed by atoms with Crippen LogP contribution in [0, 0.1) is 11.3 Å². The SMILES string of the molecule is CCOC[C@H]1CN(CCN)CC12CCC2. The molecule has 1 atom stereocenters. The fourth-order valence-corrected chi connectivity index (χ4v) is 3.18. The lowest BCUT2D eigenvalue weighted by Crippen LogP contribution is -2.39. The van der Waals surface area contributed by atoms with Crippen LogP contribution < -0.4 is 5.73 Å². The van der Waals surface area contributed by atoms with Gasteiger partial charge in [-0.05, 0) is 25.2 Å². The zero-order valence-electron chi connectivity index (χ0n) is 9.87. The van der Waals surface area contributed by atoms with Crippen LogP contribution >= 0.6 is 0 Å². The summed E-state index contributed by atoms with van der Waals surface area (Å²) in [6, 6.07) is 0. The van der Waals surface area contributed by atoms with E-state index in [4.69, 9.17) is 10.5 Å². The lowest BCUT2D eigenvalue weighted by Gasteiger charge is -2.43. The van der Waals surface area contributed by atoms with Crippen LogP contribution in [0.1, 0.15) is 26.2 Å². The van der Waals surface area contributed by atoms with E-state index in [2.05, 4.69) is 11.8 Å². The minimum absolute atomic E-state index is 0.602. The predicted octanol–water partition coefficient (Wildman–Crippen LogP) is 1.08. The van der Waals surface area contributed by atoms with Gasteiger partial charge in [0.25, 0.3) is 0 Å². The van der Waals surface area contributed by atoms with Gasteiger partial charge in [0.05, 0.1) is 6.61 Å². The Morgan fingerprint density at radius 1 is 1.47 bits per heavy atom. The summed E-state index contributed by atoms with van der Waals surface area (Å²) < 4.78 is 5.62. The third-order valence-corrected chi connectivity index (χ3v) is 4.20. The van der Waals surface area contributed by atoms with E-state index < -0.39 is 0 Å². The number of hydrogen-bond donors (Lipinski definition) is 1. The van der Waals surface area contributed by atoms with E-state index in [-0.39, 0.29) is 0 Å². The molecule has 2 N–H and O–H groups in total. The van der Waals surface area contributed by atoms with Gasteiger partial charge in [-0.3, -0.25) is 0 Å². The quantitative estimate of drug-likeness (QED) is 0.741. The minimum Gasteiger partial charge on any atom is -0.381 e. The molecule has 1 saturated heterocycles. The second kappa shape index (κ2) is 4.81. The Morgan fingerprint density at radius 3 is 2.80 bits per heavy atom. The van der Waals surface area contributed by atoms with Gasteiger partial charge < -0.3 is 15.4 Å². The van der Waals surface area contributed by atoms with Crippen LogP contribution in [-0.4, -0.2) is 44.3 Å². The molecule has 15 heavy (non-hydrogen) atoms. The zero-order chi connectivity index (χ0) is 10.7. The first-order chi connectivity index (χ1) is 7.30. The van der Waals surface area contributed by atoms with Crippen molar-refractivity contribution in [2.45, 2.75) is 26.2 Å². The molecule has 3 nitrogen and oxygen atoms in total. The lowest BCUT2D eigenvalue weighted by molar-refractivity contribution is 0.0223. The number of ether oxygens (including phenoxy) is 1. The third-order valence-electron chi connectivity index (χ3n) is 4.20. The minimum atomic E-state index is 0.602. The average molecular weight is 212 g/mol. The van der Waals surface area contributed by atoms with Crippen molar-refractivity contribution in [1.29, 1.82) is 0 Å². The maximum atomic E-state index is 5.63. The summed E-state index contributed by atoms with van der Waals surface area (Å²) in [4.78, 5) is 2.53. The highest BCUT2D eigenvalue weighted by atomic mass is 16.5. The van der Waals surface area contributed by atoms with Gasteiger partial charge in [0.15, 0.2) is 0 Å². The average Bonchev–Trinajstić information content (AvgIpc) is 2.54. The molecule has 0 bridgehead atoms. The predicted molar refractivity (Wildman–Crippen MR) is 61.8 cm³/mol. The molecule has 1 spiro atoms. The van der Waals surface area contributed by atoms with Crippen molar-refractivity contribution in [2.75, 3.05) is 39.4 Å². The molecule has 2 rings (SSSR count). The van der Waals surface area contributed by atoms with Gasteiger partial charge in [0, 0.05) is 38.7 Å². The number of likely N-dealkylation sites (tertiary alicyclic amines) is 1. The zero-order valence-corrected chi connectivity index (χ0v) is 9.87. The first-order valence-electron chi connectivity index (χ1n) is 6.31. The number of rotatable bonds is 5. The smallest absolute Gasteiger partial charge is 0.0512 e. The van der Waals surface area contributed by atoms with Gasteiger partial charge in [-0.15, -0.1) is 0 Å². The fourth-order valence-electron chi connectivity index (χ4n) is 3.18. The van der Waals surface area contributed by atoms with E-state index >= 15 is 0 Å². The Hall–Kier alpha value is -0.120. The van der Waals surface area contributed by atoms with Crippen LogP contribution in [-0.2, 0) is 4.74 Å². The molecular weight excluding hydrogens is 188 g/mol. The van der Waals surface area contributed by atoms with Crippen LogP contribution in [0.3, 0.4) is 0 Å². The molecule has 0 unspecified atom stereocenters. The molecule has 0 aromatic rings. The molecule has 0 amide bonds. The second-order valence-electron chi connectivity index (χ2n) is 5.10. The fraction of sp³-hybridized carbons (Fsp3) is 1.00. The summed E-state index contributed by atoms with van der Waals surface area (Å²) >= 11 is 0. The van der Waals surface area contributed by atoms with Gasteiger partial charge >= 0.3 is 0 Å². The van der Waals surface area contributed by atoms with Crippen molar-refractivity contribution in [3.8, 4) is 0 Å². The molecular formula is C12H24N2O. The molecule has 1 aliphatic heterocycles. The van der Waals surface area contributed by atoms with Crippen LogP contribution in [0.15, 0.2) is 0 Å². The van der Waals surface area contributed by atoms with Crippen LogP contribution in [0.5, 0.6) is 0 Å². The summed E-state index contributed by atoms with van der Waals surface area (Å²) in [6.07, 6.45) is 4.23. The van der Waals surface area contributed by atoms with Gasteiger partial charge in [0.2, 0.25) is 0 Å². The van der Waals surface area contributed by atoms with Crippen LogP contribution in [0.2, 0.25) is 0 Å². The van der Waals surface area contributed by atoms with Crippen LogP contribution in [0.25, 0.3) is 0 Å². The monoisotopic (exact) mass is 212 g/mol. The molecule has 1 heterocycles. The Morgan fingerprint density at radius 2 is 2.27 bits per heavy atom. The summed E-state index contributed by atoms with van der Waals surface area (Å²) in [5.74, 6) is 0.762. The summed E-state index contributed by atoms with van der Waals surface area (Å²) in [6.45, 7) is 8.21. The highest BCUT2D eigenvalue weighted by Crippen LogP contribution is 2.51. The normalized spacial score (nSPS) is 29.6. The number of nitrogens with two attached hydrogens (primary N) is 1. The third kappa shape index (κ3) is 2.19. The molecule has 2 aliphatic rings. The summed E-state index contributed by atoms with van der Waals surface area (Å²) in [5.41, 5.74) is 6.23. The first-order valence-corrected chi connectivity index (χ1v) is 6.31. The molecule has 2 fully saturated rings. The molecule has 0 aromatic carbocycles. The van der Waals surface area contributed by atoms with Crippen molar-refractivity contribution < 1.29 is 4.74 Å². The van der Waals surface area contributed by atoms with Crippen molar-refractivity contribution in [1.82, 2.24) is 4.90 Å². The van der Waals surface area contributed by atoms with Crippen LogP contribution in [0.4, 0.5) is 0 Å². The van der Waals surface area contributed by atoms with Gasteiger partial charge in [0.1, 0.15) is 0 Å². The standard InChI is InChI=1S/C12H24N2O/c1-2-15-9-11-8-14(7-6-13)10-12(11)4-3-5-12/h11H,2-10,13H2,1H3/t11-/m1/s1. The van der Waals surface area contributed by atoms with E-state index in [0.717, 1.165) is 32.2 Å². The van der Waals surface area contributed by atoms with Gasteiger partial charge in [-0.1, -0.05) is 6.42 Å². The Kier molecular flexibility index (Phi) is 3.65. The molecule has 1 aliphatic carbocycles. The van der Waals surface area contributed by atoms with Crippen molar-refractivity contribution >= 4 is 0 Å². The maximum Gasteiger partial charge on any atom is 0.0512 e. The van der Waals surface area contributed by atoms with E-state index in [1.165, 1.54) is 32.4 Å². The Bertz CT molecular complexity index is 204. The molecule has 88 valence electrons. The first kappa shape index (κ1) is 11.4. The largest absolute Gasteiger partial charge is 0.381 e. The van der Waals surface area contributed by atoms with E-state index in [9.17, 15) is 0 Å². The molecule has 0 radical (unpaired) electrons.